The molecule has 0 bridgehead atoms. The second-order valence-corrected chi connectivity index (χ2v) is 5.92. The van der Waals surface area contributed by atoms with E-state index in [1.165, 1.54) is 12.1 Å². The van der Waals surface area contributed by atoms with Crippen LogP contribution in [0.3, 0.4) is 0 Å². The normalized spacial score (nSPS) is 29.3. The average molecular weight is 277 g/mol. The minimum absolute atomic E-state index is 0.0913. The maximum atomic E-state index is 13.1. The number of amides is 1. The summed E-state index contributed by atoms with van der Waals surface area (Å²) in [5, 5.41) is 0. The Kier molecular flexibility index (Phi) is 3.74. The SMILES string of the molecule is C[C@H]1C[C@H]2CN(C(=O)Cc3cccc(F)c3)CC[C@H]2O1. The van der Waals surface area contributed by atoms with E-state index < -0.39 is 0 Å². The van der Waals surface area contributed by atoms with E-state index in [1.54, 1.807) is 12.1 Å². The van der Waals surface area contributed by atoms with Crippen molar-refractivity contribution in [3.05, 3.63) is 35.6 Å². The van der Waals surface area contributed by atoms with Gasteiger partial charge in [0.05, 0.1) is 18.6 Å². The standard InChI is InChI=1S/C16H20FNO2/c1-11-7-13-10-18(6-5-15(13)20-11)16(19)9-12-3-2-4-14(17)8-12/h2-4,8,11,13,15H,5-7,9-10H2,1H3/t11-,13-,15+/m0/s1. The van der Waals surface area contributed by atoms with Gasteiger partial charge >= 0.3 is 0 Å². The van der Waals surface area contributed by atoms with E-state index >= 15 is 0 Å². The van der Waals surface area contributed by atoms with Crippen molar-refractivity contribution in [3.63, 3.8) is 0 Å². The molecule has 2 aliphatic rings. The Morgan fingerprint density at radius 1 is 1.50 bits per heavy atom. The van der Waals surface area contributed by atoms with Gasteiger partial charge in [0, 0.05) is 19.0 Å². The molecule has 4 heteroatoms. The van der Waals surface area contributed by atoms with E-state index in [4.69, 9.17) is 4.74 Å². The lowest BCUT2D eigenvalue weighted by atomic mass is 9.92. The van der Waals surface area contributed by atoms with Gasteiger partial charge in [-0.1, -0.05) is 12.1 Å². The molecule has 20 heavy (non-hydrogen) atoms. The van der Waals surface area contributed by atoms with E-state index in [-0.39, 0.29) is 18.1 Å². The zero-order chi connectivity index (χ0) is 14.1. The molecule has 0 unspecified atom stereocenters. The third-order valence-corrected chi connectivity index (χ3v) is 4.30. The summed E-state index contributed by atoms with van der Waals surface area (Å²) in [5.74, 6) is 0.274. The van der Waals surface area contributed by atoms with Gasteiger partial charge in [0.25, 0.3) is 0 Å². The minimum atomic E-state index is -0.285. The number of hydrogen-bond acceptors (Lipinski definition) is 2. The molecule has 1 amide bonds. The van der Waals surface area contributed by atoms with E-state index in [0.29, 0.717) is 18.1 Å². The second-order valence-electron chi connectivity index (χ2n) is 5.92. The number of halogens is 1. The van der Waals surface area contributed by atoms with Crippen LogP contribution >= 0.6 is 0 Å². The molecule has 0 N–H and O–H groups in total. The third kappa shape index (κ3) is 2.85. The van der Waals surface area contributed by atoms with E-state index in [1.807, 2.05) is 4.90 Å². The molecule has 3 rings (SSSR count). The van der Waals surface area contributed by atoms with Crippen molar-refractivity contribution in [1.29, 1.82) is 0 Å². The molecule has 0 saturated carbocycles. The molecule has 3 atom stereocenters. The fraction of sp³-hybridized carbons (Fsp3) is 0.562. The van der Waals surface area contributed by atoms with Crippen LogP contribution in [0.2, 0.25) is 0 Å². The lowest BCUT2D eigenvalue weighted by molar-refractivity contribution is -0.133. The molecule has 0 aromatic heterocycles. The summed E-state index contributed by atoms with van der Waals surface area (Å²) in [6.07, 6.45) is 2.87. The van der Waals surface area contributed by atoms with Gasteiger partial charge in [-0.3, -0.25) is 4.79 Å². The van der Waals surface area contributed by atoms with E-state index in [0.717, 1.165) is 31.5 Å². The Morgan fingerprint density at radius 3 is 3.15 bits per heavy atom. The van der Waals surface area contributed by atoms with Crippen molar-refractivity contribution in [2.75, 3.05) is 13.1 Å². The summed E-state index contributed by atoms with van der Waals surface area (Å²) in [4.78, 5) is 14.2. The third-order valence-electron chi connectivity index (χ3n) is 4.30. The Labute approximate surface area is 118 Å². The number of hydrogen-bond donors (Lipinski definition) is 0. The smallest absolute Gasteiger partial charge is 0.227 e. The Morgan fingerprint density at radius 2 is 2.35 bits per heavy atom. The second kappa shape index (κ2) is 5.52. The molecule has 3 nitrogen and oxygen atoms in total. The van der Waals surface area contributed by atoms with Gasteiger partial charge in [-0.15, -0.1) is 0 Å². The Bertz CT molecular complexity index is 505. The van der Waals surface area contributed by atoms with Crippen LogP contribution in [0.25, 0.3) is 0 Å². The molecule has 2 aliphatic heterocycles. The molecule has 2 fully saturated rings. The lowest BCUT2D eigenvalue weighted by Gasteiger charge is -2.34. The lowest BCUT2D eigenvalue weighted by Crippen LogP contribution is -2.45. The zero-order valence-electron chi connectivity index (χ0n) is 11.7. The van der Waals surface area contributed by atoms with Gasteiger partial charge in [-0.2, -0.15) is 0 Å². The summed E-state index contributed by atoms with van der Waals surface area (Å²) in [6, 6.07) is 6.29. The molecule has 1 aromatic carbocycles. The minimum Gasteiger partial charge on any atom is -0.375 e. The van der Waals surface area contributed by atoms with Gasteiger partial charge in [0.1, 0.15) is 5.82 Å². The maximum Gasteiger partial charge on any atom is 0.227 e. The summed E-state index contributed by atoms with van der Waals surface area (Å²) < 4.78 is 19.0. The number of nitrogens with zero attached hydrogens (tertiary/aromatic N) is 1. The van der Waals surface area contributed by atoms with Gasteiger partial charge in [-0.05, 0) is 37.5 Å². The van der Waals surface area contributed by atoms with Crippen LogP contribution in [0, 0.1) is 11.7 Å². The first-order valence-electron chi connectivity index (χ1n) is 7.29. The molecule has 108 valence electrons. The average Bonchev–Trinajstić information content (AvgIpc) is 2.77. The number of ether oxygens (including phenoxy) is 1. The van der Waals surface area contributed by atoms with Crippen LogP contribution in [0.4, 0.5) is 4.39 Å². The van der Waals surface area contributed by atoms with Crippen molar-refractivity contribution < 1.29 is 13.9 Å². The molecule has 0 aliphatic carbocycles. The highest BCUT2D eigenvalue weighted by molar-refractivity contribution is 5.78. The zero-order valence-corrected chi connectivity index (χ0v) is 11.7. The van der Waals surface area contributed by atoms with E-state index in [2.05, 4.69) is 6.92 Å². The molecular formula is C16H20FNO2. The van der Waals surface area contributed by atoms with Crippen molar-refractivity contribution in [2.45, 2.75) is 38.4 Å². The highest BCUT2D eigenvalue weighted by Gasteiger charge is 2.38. The van der Waals surface area contributed by atoms with Crippen molar-refractivity contribution in [2.24, 2.45) is 5.92 Å². The molecule has 2 heterocycles. The molecular weight excluding hydrogens is 257 g/mol. The number of carbonyl (C=O) groups excluding carboxylic acids is 1. The van der Waals surface area contributed by atoms with Crippen LogP contribution in [0.1, 0.15) is 25.3 Å². The van der Waals surface area contributed by atoms with Gasteiger partial charge < -0.3 is 9.64 Å². The predicted molar refractivity (Wildman–Crippen MR) is 73.7 cm³/mol. The summed E-state index contributed by atoms with van der Waals surface area (Å²) in [5.41, 5.74) is 0.744. The van der Waals surface area contributed by atoms with Crippen molar-refractivity contribution >= 4 is 5.91 Å². The first-order valence-corrected chi connectivity index (χ1v) is 7.29. The quantitative estimate of drug-likeness (QED) is 0.830. The number of benzene rings is 1. The molecule has 1 aromatic rings. The molecule has 0 radical (unpaired) electrons. The van der Waals surface area contributed by atoms with Gasteiger partial charge in [0.15, 0.2) is 0 Å². The highest BCUT2D eigenvalue weighted by Crippen LogP contribution is 2.32. The summed E-state index contributed by atoms with van der Waals surface area (Å²) in [6.45, 7) is 3.63. The first-order chi connectivity index (χ1) is 9.61. The summed E-state index contributed by atoms with van der Waals surface area (Å²) in [7, 11) is 0. The first kappa shape index (κ1) is 13.6. The fourth-order valence-electron chi connectivity index (χ4n) is 3.36. The van der Waals surface area contributed by atoms with Crippen LogP contribution in [0.5, 0.6) is 0 Å². The maximum absolute atomic E-state index is 13.1. The number of rotatable bonds is 2. The number of likely N-dealkylation sites (tertiary alicyclic amines) is 1. The van der Waals surface area contributed by atoms with Gasteiger partial charge in [-0.25, -0.2) is 4.39 Å². The Balaban J connectivity index is 1.61. The van der Waals surface area contributed by atoms with Crippen LogP contribution < -0.4 is 0 Å². The number of carbonyl (C=O) groups is 1. The fourth-order valence-corrected chi connectivity index (χ4v) is 3.36. The highest BCUT2D eigenvalue weighted by atomic mass is 19.1. The van der Waals surface area contributed by atoms with Gasteiger partial charge in [0.2, 0.25) is 5.91 Å². The van der Waals surface area contributed by atoms with Crippen molar-refractivity contribution in [3.8, 4) is 0 Å². The predicted octanol–water partition coefficient (Wildman–Crippen LogP) is 2.39. The van der Waals surface area contributed by atoms with Crippen LogP contribution in [-0.2, 0) is 16.0 Å². The van der Waals surface area contributed by atoms with E-state index in [9.17, 15) is 9.18 Å². The summed E-state index contributed by atoms with van der Waals surface area (Å²) >= 11 is 0. The Hall–Kier alpha value is -1.42. The monoisotopic (exact) mass is 277 g/mol. The molecule has 2 saturated heterocycles. The van der Waals surface area contributed by atoms with Crippen LogP contribution in [0.15, 0.2) is 24.3 Å². The topological polar surface area (TPSA) is 29.5 Å². The number of fused-ring (bicyclic) bond motifs is 1. The largest absolute Gasteiger partial charge is 0.375 e. The van der Waals surface area contributed by atoms with Crippen molar-refractivity contribution in [1.82, 2.24) is 4.90 Å². The molecule has 0 spiro atoms. The van der Waals surface area contributed by atoms with Crippen LogP contribution in [-0.4, -0.2) is 36.1 Å². The number of piperidine rings is 1.